The molecule has 1 aliphatic rings. The van der Waals surface area contributed by atoms with Crippen LogP contribution in [0, 0.1) is 0 Å². The Bertz CT molecular complexity index is 524. The van der Waals surface area contributed by atoms with E-state index in [2.05, 4.69) is 41.7 Å². The third kappa shape index (κ3) is 2.28. The third-order valence-electron chi connectivity index (χ3n) is 2.88. The number of thioether (sulfide) groups is 1. The molecule has 0 fully saturated rings. The molecule has 17 heavy (non-hydrogen) atoms. The Morgan fingerprint density at radius 1 is 1.06 bits per heavy atom. The molecule has 2 aromatic rings. The van der Waals surface area contributed by atoms with Gasteiger partial charge in [0.05, 0.1) is 5.25 Å². The second kappa shape index (κ2) is 4.63. The molecular weight excluding hydrogens is 250 g/mol. The van der Waals surface area contributed by atoms with Crippen LogP contribution in [0.1, 0.15) is 10.8 Å². The van der Waals surface area contributed by atoms with Gasteiger partial charge in [-0.05, 0) is 29.8 Å². The Labute approximate surface area is 110 Å². The maximum atomic E-state index is 5.91. The van der Waals surface area contributed by atoms with Crippen LogP contribution in [0.4, 0.5) is 5.69 Å². The molecule has 0 saturated heterocycles. The Balaban J connectivity index is 1.86. The second-order valence-electron chi connectivity index (χ2n) is 4.04. The molecule has 3 rings (SSSR count). The normalized spacial score (nSPS) is 18.3. The minimum absolute atomic E-state index is 0.460. The zero-order valence-electron chi connectivity index (χ0n) is 9.19. The lowest BCUT2D eigenvalue weighted by Gasteiger charge is -2.25. The number of anilines is 1. The summed E-state index contributed by atoms with van der Waals surface area (Å²) in [6, 6.07) is 16.6. The number of benzene rings is 2. The van der Waals surface area contributed by atoms with E-state index >= 15 is 0 Å². The van der Waals surface area contributed by atoms with Crippen molar-refractivity contribution >= 4 is 29.1 Å². The van der Waals surface area contributed by atoms with Gasteiger partial charge in [-0.3, -0.25) is 0 Å². The smallest absolute Gasteiger partial charge is 0.0517 e. The number of fused-ring (bicyclic) bond motifs is 1. The first-order valence-corrected chi connectivity index (χ1v) is 6.84. The highest BCUT2D eigenvalue weighted by molar-refractivity contribution is 7.99. The summed E-state index contributed by atoms with van der Waals surface area (Å²) in [7, 11) is 0. The van der Waals surface area contributed by atoms with Crippen molar-refractivity contribution in [3.63, 3.8) is 0 Å². The summed E-state index contributed by atoms with van der Waals surface area (Å²) in [6.07, 6.45) is 0. The molecule has 86 valence electrons. The van der Waals surface area contributed by atoms with Crippen molar-refractivity contribution in [2.45, 2.75) is 10.1 Å². The summed E-state index contributed by atoms with van der Waals surface area (Å²) in [5.41, 5.74) is 2.56. The minimum Gasteiger partial charge on any atom is -0.383 e. The van der Waals surface area contributed by atoms with Gasteiger partial charge in [-0.25, -0.2) is 0 Å². The highest BCUT2D eigenvalue weighted by Crippen LogP contribution is 2.42. The van der Waals surface area contributed by atoms with E-state index < -0.39 is 0 Å². The maximum Gasteiger partial charge on any atom is 0.0517 e. The molecule has 0 radical (unpaired) electrons. The lowest BCUT2D eigenvalue weighted by Crippen LogP contribution is -2.14. The van der Waals surface area contributed by atoms with E-state index in [0.29, 0.717) is 5.25 Å². The lowest BCUT2D eigenvalue weighted by molar-refractivity contribution is 0.964. The summed E-state index contributed by atoms with van der Waals surface area (Å²) >= 11 is 7.82. The number of para-hydroxylation sites is 1. The van der Waals surface area contributed by atoms with E-state index in [-0.39, 0.29) is 0 Å². The topological polar surface area (TPSA) is 12.0 Å². The molecule has 1 heterocycles. The molecule has 0 bridgehead atoms. The number of hydrogen-bond acceptors (Lipinski definition) is 2. The van der Waals surface area contributed by atoms with Crippen LogP contribution >= 0.6 is 23.4 Å². The van der Waals surface area contributed by atoms with Crippen LogP contribution in [0.25, 0.3) is 0 Å². The fourth-order valence-electron chi connectivity index (χ4n) is 1.98. The molecule has 1 unspecified atom stereocenters. The van der Waals surface area contributed by atoms with Gasteiger partial charge in [0.1, 0.15) is 0 Å². The van der Waals surface area contributed by atoms with Gasteiger partial charge in [-0.1, -0.05) is 35.9 Å². The maximum absolute atomic E-state index is 5.91. The monoisotopic (exact) mass is 261 g/mol. The Kier molecular flexibility index (Phi) is 3.00. The fourth-order valence-corrected chi connectivity index (χ4v) is 3.29. The molecule has 0 aliphatic carbocycles. The SMILES string of the molecule is Clc1ccc(C2CNc3ccccc3S2)cc1. The van der Waals surface area contributed by atoms with Gasteiger partial charge in [0.2, 0.25) is 0 Å². The first-order valence-electron chi connectivity index (χ1n) is 5.58. The highest BCUT2D eigenvalue weighted by Gasteiger charge is 2.19. The van der Waals surface area contributed by atoms with Gasteiger partial charge in [-0.2, -0.15) is 0 Å². The molecule has 2 aromatic carbocycles. The van der Waals surface area contributed by atoms with Crippen molar-refractivity contribution in [1.82, 2.24) is 0 Å². The molecule has 1 nitrogen and oxygen atoms in total. The van der Waals surface area contributed by atoms with Crippen molar-refractivity contribution in [3.05, 3.63) is 59.1 Å². The molecule has 0 amide bonds. The molecule has 1 aliphatic heterocycles. The predicted molar refractivity (Wildman–Crippen MR) is 75.0 cm³/mol. The van der Waals surface area contributed by atoms with Crippen LogP contribution in [0.15, 0.2) is 53.4 Å². The van der Waals surface area contributed by atoms with Crippen LogP contribution in [0.3, 0.4) is 0 Å². The second-order valence-corrected chi connectivity index (χ2v) is 5.72. The third-order valence-corrected chi connectivity index (χ3v) is 4.46. The van der Waals surface area contributed by atoms with Gasteiger partial charge in [-0.15, -0.1) is 11.8 Å². The molecule has 1 N–H and O–H groups in total. The molecule has 0 aromatic heterocycles. The summed E-state index contributed by atoms with van der Waals surface area (Å²) in [6.45, 7) is 0.962. The average Bonchev–Trinajstić information content (AvgIpc) is 2.39. The molecule has 3 heteroatoms. The van der Waals surface area contributed by atoms with E-state index in [0.717, 1.165) is 11.6 Å². The largest absolute Gasteiger partial charge is 0.383 e. The Morgan fingerprint density at radius 3 is 2.65 bits per heavy atom. The molecule has 0 spiro atoms. The van der Waals surface area contributed by atoms with Crippen LogP contribution in [-0.4, -0.2) is 6.54 Å². The van der Waals surface area contributed by atoms with Crippen LogP contribution < -0.4 is 5.32 Å². The zero-order chi connectivity index (χ0) is 11.7. The van der Waals surface area contributed by atoms with E-state index in [1.807, 2.05) is 23.9 Å². The van der Waals surface area contributed by atoms with Gasteiger partial charge >= 0.3 is 0 Å². The van der Waals surface area contributed by atoms with Gasteiger partial charge in [0.15, 0.2) is 0 Å². The average molecular weight is 262 g/mol. The van der Waals surface area contributed by atoms with Gasteiger partial charge < -0.3 is 5.32 Å². The first kappa shape index (κ1) is 11.0. The van der Waals surface area contributed by atoms with E-state index in [4.69, 9.17) is 11.6 Å². The molecule has 1 atom stereocenters. The van der Waals surface area contributed by atoms with Crippen LogP contribution in [-0.2, 0) is 0 Å². The van der Waals surface area contributed by atoms with Crippen molar-refractivity contribution in [2.24, 2.45) is 0 Å². The summed E-state index contributed by atoms with van der Waals surface area (Å²) in [4.78, 5) is 1.32. The number of hydrogen-bond donors (Lipinski definition) is 1. The lowest BCUT2D eigenvalue weighted by atomic mass is 10.1. The van der Waals surface area contributed by atoms with E-state index in [9.17, 15) is 0 Å². The van der Waals surface area contributed by atoms with Crippen molar-refractivity contribution in [3.8, 4) is 0 Å². The van der Waals surface area contributed by atoms with Crippen molar-refractivity contribution in [1.29, 1.82) is 0 Å². The fraction of sp³-hybridized carbons (Fsp3) is 0.143. The quantitative estimate of drug-likeness (QED) is 0.805. The van der Waals surface area contributed by atoms with Gasteiger partial charge in [0, 0.05) is 22.2 Å². The van der Waals surface area contributed by atoms with Crippen molar-refractivity contribution in [2.75, 3.05) is 11.9 Å². The summed E-state index contributed by atoms with van der Waals surface area (Å²) in [5, 5.41) is 4.73. The number of nitrogens with one attached hydrogen (secondary N) is 1. The first-order chi connectivity index (χ1) is 8.33. The predicted octanol–water partition coefficient (Wildman–Crippen LogP) is 4.60. The Morgan fingerprint density at radius 2 is 1.82 bits per heavy atom. The van der Waals surface area contributed by atoms with E-state index in [1.54, 1.807) is 0 Å². The summed E-state index contributed by atoms with van der Waals surface area (Å²) in [5.74, 6) is 0. The number of halogens is 1. The van der Waals surface area contributed by atoms with Crippen molar-refractivity contribution < 1.29 is 0 Å². The van der Waals surface area contributed by atoms with Crippen LogP contribution in [0.5, 0.6) is 0 Å². The minimum atomic E-state index is 0.460. The Hall–Kier alpha value is -1.12. The molecule has 0 saturated carbocycles. The zero-order valence-corrected chi connectivity index (χ0v) is 10.8. The number of rotatable bonds is 1. The van der Waals surface area contributed by atoms with E-state index in [1.165, 1.54) is 16.1 Å². The van der Waals surface area contributed by atoms with Gasteiger partial charge in [0.25, 0.3) is 0 Å². The van der Waals surface area contributed by atoms with Crippen LogP contribution in [0.2, 0.25) is 5.02 Å². The highest BCUT2D eigenvalue weighted by atomic mass is 35.5. The summed E-state index contributed by atoms with van der Waals surface area (Å²) < 4.78 is 0. The molecular formula is C14H12ClNS. The standard InChI is InChI=1S/C14H12ClNS/c15-11-7-5-10(6-8-11)14-9-16-12-3-1-2-4-13(12)17-14/h1-8,14,16H,9H2.